The van der Waals surface area contributed by atoms with E-state index in [1.807, 2.05) is 54.6 Å². The van der Waals surface area contributed by atoms with Crippen LogP contribution in [0, 0.1) is 0 Å². The SMILES string of the molecule is O=C(NC1CCNCC1)Oc1ccccc1-c1ccccc1. The lowest BCUT2D eigenvalue weighted by Crippen LogP contribution is -2.43. The fraction of sp³-hybridized carbons (Fsp3) is 0.278. The molecule has 0 saturated carbocycles. The molecule has 114 valence electrons. The van der Waals surface area contributed by atoms with Crippen LogP contribution < -0.4 is 15.4 Å². The van der Waals surface area contributed by atoms with Crippen molar-refractivity contribution in [3.8, 4) is 16.9 Å². The lowest BCUT2D eigenvalue weighted by atomic mass is 10.1. The Kier molecular flexibility index (Phi) is 4.71. The summed E-state index contributed by atoms with van der Waals surface area (Å²) in [6.07, 6.45) is 1.50. The number of nitrogens with one attached hydrogen (secondary N) is 2. The molecule has 3 rings (SSSR count). The van der Waals surface area contributed by atoms with E-state index in [1.54, 1.807) is 0 Å². The van der Waals surface area contributed by atoms with Gasteiger partial charge in [-0.25, -0.2) is 4.79 Å². The summed E-state index contributed by atoms with van der Waals surface area (Å²) in [5.74, 6) is 0.583. The molecule has 1 aliphatic heterocycles. The predicted molar refractivity (Wildman–Crippen MR) is 86.9 cm³/mol. The van der Waals surface area contributed by atoms with Gasteiger partial charge in [0.05, 0.1) is 0 Å². The van der Waals surface area contributed by atoms with E-state index < -0.39 is 0 Å². The quantitative estimate of drug-likeness (QED) is 0.914. The van der Waals surface area contributed by atoms with Crippen molar-refractivity contribution in [3.05, 3.63) is 54.6 Å². The highest BCUT2D eigenvalue weighted by Gasteiger charge is 2.17. The molecule has 0 aromatic heterocycles. The molecule has 0 atom stereocenters. The second-order valence-electron chi connectivity index (χ2n) is 5.42. The molecule has 2 N–H and O–H groups in total. The molecule has 1 heterocycles. The van der Waals surface area contributed by atoms with E-state index in [9.17, 15) is 4.79 Å². The van der Waals surface area contributed by atoms with Crippen molar-refractivity contribution >= 4 is 6.09 Å². The van der Waals surface area contributed by atoms with Crippen molar-refractivity contribution in [1.29, 1.82) is 0 Å². The molecular formula is C18H20N2O2. The van der Waals surface area contributed by atoms with Gasteiger partial charge in [0.25, 0.3) is 0 Å². The number of hydrogen-bond donors (Lipinski definition) is 2. The molecule has 0 spiro atoms. The molecule has 1 fully saturated rings. The zero-order chi connectivity index (χ0) is 15.2. The van der Waals surface area contributed by atoms with Gasteiger partial charge in [-0.3, -0.25) is 0 Å². The van der Waals surface area contributed by atoms with Gasteiger partial charge < -0.3 is 15.4 Å². The fourth-order valence-electron chi connectivity index (χ4n) is 2.67. The Labute approximate surface area is 130 Å². The molecule has 1 saturated heterocycles. The van der Waals surface area contributed by atoms with E-state index in [0.717, 1.165) is 37.1 Å². The van der Waals surface area contributed by atoms with Crippen LogP contribution in [-0.4, -0.2) is 25.2 Å². The highest BCUT2D eigenvalue weighted by molar-refractivity contribution is 5.77. The van der Waals surface area contributed by atoms with Crippen molar-refractivity contribution in [1.82, 2.24) is 10.6 Å². The van der Waals surface area contributed by atoms with Gasteiger partial charge >= 0.3 is 6.09 Å². The number of rotatable bonds is 3. The van der Waals surface area contributed by atoms with Crippen LogP contribution in [0.1, 0.15) is 12.8 Å². The fourth-order valence-corrected chi connectivity index (χ4v) is 2.67. The van der Waals surface area contributed by atoms with Gasteiger partial charge in [0.2, 0.25) is 0 Å². The third kappa shape index (κ3) is 3.65. The highest BCUT2D eigenvalue weighted by atomic mass is 16.6. The molecule has 0 radical (unpaired) electrons. The minimum atomic E-state index is -0.379. The topological polar surface area (TPSA) is 50.4 Å². The Morgan fingerprint density at radius 2 is 1.68 bits per heavy atom. The van der Waals surface area contributed by atoms with E-state index in [4.69, 9.17) is 4.74 Å². The zero-order valence-electron chi connectivity index (χ0n) is 12.4. The molecule has 2 aromatic carbocycles. The Bertz CT molecular complexity index is 622. The van der Waals surface area contributed by atoms with Crippen LogP contribution in [0.3, 0.4) is 0 Å². The van der Waals surface area contributed by atoms with Crippen molar-refractivity contribution in [2.45, 2.75) is 18.9 Å². The Hall–Kier alpha value is -2.33. The largest absolute Gasteiger partial charge is 0.412 e. The standard InChI is InChI=1S/C18H20N2O2/c21-18(20-15-10-12-19-13-11-15)22-17-9-5-4-8-16(17)14-6-2-1-3-7-14/h1-9,15,19H,10-13H2,(H,20,21). The summed E-state index contributed by atoms with van der Waals surface area (Å²) in [6, 6.07) is 17.7. The molecular weight excluding hydrogens is 276 g/mol. The smallest absolute Gasteiger partial charge is 0.410 e. The number of piperidine rings is 1. The first-order valence-electron chi connectivity index (χ1n) is 7.66. The number of carbonyl (C=O) groups is 1. The maximum absolute atomic E-state index is 12.1. The monoisotopic (exact) mass is 296 g/mol. The number of carbonyl (C=O) groups excluding carboxylic acids is 1. The van der Waals surface area contributed by atoms with E-state index in [0.29, 0.717) is 5.75 Å². The van der Waals surface area contributed by atoms with E-state index in [-0.39, 0.29) is 12.1 Å². The summed E-state index contributed by atoms with van der Waals surface area (Å²) in [5.41, 5.74) is 1.95. The van der Waals surface area contributed by atoms with Crippen LogP contribution in [0.2, 0.25) is 0 Å². The van der Waals surface area contributed by atoms with Gasteiger partial charge in [-0.15, -0.1) is 0 Å². The van der Waals surface area contributed by atoms with Crippen LogP contribution in [-0.2, 0) is 0 Å². The second-order valence-corrected chi connectivity index (χ2v) is 5.42. The number of hydrogen-bond acceptors (Lipinski definition) is 3. The number of benzene rings is 2. The number of ether oxygens (including phenoxy) is 1. The van der Waals surface area contributed by atoms with Crippen molar-refractivity contribution in [3.63, 3.8) is 0 Å². The summed E-state index contributed by atoms with van der Waals surface area (Å²) in [4.78, 5) is 12.1. The Balaban J connectivity index is 1.71. The van der Waals surface area contributed by atoms with Gasteiger partial charge in [-0.2, -0.15) is 0 Å². The maximum Gasteiger partial charge on any atom is 0.412 e. The van der Waals surface area contributed by atoms with Crippen molar-refractivity contribution < 1.29 is 9.53 Å². The van der Waals surface area contributed by atoms with E-state index >= 15 is 0 Å². The molecule has 4 heteroatoms. The molecule has 2 aromatic rings. The molecule has 4 nitrogen and oxygen atoms in total. The van der Waals surface area contributed by atoms with Crippen LogP contribution in [0.4, 0.5) is 4.79 Å². The summed E-state index contributed by atoms with van der Waals surface area (Å²) in [5, 5.41) is 6.22. The number of amides is 1. The molecule has 0 bridgehead atoms. The van der Waals surface area contributed by atoms with Gasteiger partial charge in [0.15, 0.2) is 0 Å². The van der Waals surface area contributed by atoms with E-state index in [1.165, 1.54) is 0 Å². The van der Waals surface area contributed by atoms with Crippen molar-refractivity contribution in [2.75, 3.05) is 13.1 Å². The maximum atomic E-state index is 12.1. The predicted octanol–water partition coefficient (Wildman–Crippen LogP) is 3.19. The summed E-state index contributed by atoms with van der Waals surface area (Å²) in [6.45, 7) is 1.87. The molecule has 1 amide bonds. The van der Waals surface area contributed by atoms with Gasteiger partial charge in [-0.1, -0.05) is 48.5 Å². The van der Waals surface area contributed by atoms with Gasteiger partial charge in [0, 0.05) is 11.6 Å². The van der Waals surface area contributed by atoms with E-state index in [2.05, 4.69) is 10.6 Å². The lowest BCUT2D eigenvalue weighted by molar-refractivity contribution is 0.193. The lowest BCUT2D eigenvalue weighted by Gasteiger charge is -2.23. The zero-order valence-corrected chi connectivity index (χ0v) is 12.4. The first-order valence-corrected chi connectivity index (χ1v) is 7.66. The van der Waals surface area contributed by atoms with Gasteiger partial charge in [0.1, 0.15) is 5.75 Å². The van der Waals surface area contributed by atoms with Crippen LogP contribution >= 0.6 is 0 Å². The van der Waals surface area contributed by atoms with Crippen molar-refractivity contribution in [2.24, 2.45) is 0 Å². The van der Waals surface area contributed by atoms with Gasteiger partial charge in [-0.05, 0) is 37.6 Å². The molecule has 1 aliphatic rings. The summed E-state index contributed by atoms with van der Waals surface area (Å²) in [7, 11) is 0. The third-order valence-corrected chi connectivity index (χ3v) is 3.84. The highest BCUT2D eigenvalue weighted by Crippen LogP contribution is 2.29. The average Bonchev–Trinajstić information content (AvgIpc) is 2.57. The normalized spacial score (nSPS) is 15.3. The number of para-hydroxylation sites is 1. The molecule has 22 heavy (non-hydrogen) atoms. The second kappa shape index (κ2) is 7.09. The van der Waals surface area contributed by atoms with Crippen LogP contribution in [0.5, 0.6) is 5.75 Å². The third-order valence-electron chi connectivity index (χ3n) is 3.84. The molecule has 0 unspecified atom stereocenters. The Morgan fingerprint density at radius 1 is 1.00 bits per heavy atom. The minimum Gasteiger partial charge on any atom is -0.410 e. The first kappa shape index (κ1) is 14.6. The minimum absolute atomic E-state index is 0.192. The Morgan fingerprint density at radius 3 is 2.45 bits per heavy atom. The molecule has 0 aliphatic carbocycles. The summed E-state index contributed by atoms with van der Waals surface area (Å²) >= 11 is 0. The van der Waals surface area contributed by atoms with Crippen LogP contribution in [0.15, 0.2) is 54.6 Å². The van der Waals surface area contributed by atoms with Crippen LogP contribution in [0.25, 0.3) is 11.1 Å². The first-order chi connectivity index (χ1) is 10.8. The summed E-state index contributed by atoms with van der Waals surface area (Å²) < 4.78 is 5.53. The average molecular weight is 296 g/mol.